The Morgan fingerprint density at radius 2 is 1.61 bits per heavy atom. The molecular formula is C30H36N4O2. The molecule has 4 rings (SSSR count). The minimum atomic E-state index is -0.148. The third-order valence-electron chi connectivity index (χ3n) is 6.93. The molecule has 1 atom stereocenters. The van der Waals surface area contributed by atoms with Gasteiger partial charge in [0.25, 0.3) is 5.91 Å². The molecule has 2 heterocycles. The highest BCUT2D eigenvalue weighted by Crippen LogP contribution is 2.28. The van der Waals surface area contributed by atoms with Crippen LogP contribution in [0, 0.1) is 5.92 Å². The van der Waals surface area contributed by atoms with E-state index in [2.05, 4.69) is 12.1 Å². The fraction of sp³-hybridized carbons (Fsp3) is 0.367. The number of carbonyl (C=O) groups is 2. The van der Waals surface area contributed by atoms with Crippen molar-refractivity contribution in [2.24, 2.45) is 5.92 Å². The van der Waals surface area contributed by atoms with Gasteiger partial charge in [-0.15, -0.1) is 0 Å². The zero-order chi connectivity index (χ0) is 25.5. The van der Waals surface area contributed by atoms with E-state index in [4.69, 9.17) is 4.98 Å². The number of hydrogen-bond donors (Lipinski definition) is 0. The number of hydrogen-bond acceptors (Lipinski definition) is 4. The summed E-state index contributed by atoms with van der Waals surface area (Å²) in [6.45, 7) is 7.14. The van der Waals surface area contributed by atoms with E-state index in [1.165, 1.54) is 0 Å². The van der Waals surface area contributed by atoms with E-state index in [1.807, 2.05) is 96.3 Å². The van der Waals surface area contributed by atoms with Crippen LogP contribution in [-0.2, 0) is 11.3 Å². The first-order valence-electron chi connectivity index (χ1n) is 12.9. The molecule has 6 nitrogen and oxygen atoms in total. The number of amides is 2. The number of carbonyl (C=O) groups excluding carboxylic acids is 2. The molecule has 0 spiro atoms. The number of pyridine rings is 1. The smallest absolute Gasteiger partial charge is 0.257 e. The Kier molecular flexibility index (Phi) is 8.36. The minimum Gasteiger partial charge on any atom is -0.355 e. The van der Waals surface area contributed by atoms with Crippen LogP contribution in [-0.4, -0.2) is 59.8 Å². The molecule has 188 valence electrons. The molecule has 6 heteroatoms. The third kappa shape index (κ3) is 5.76. The number of piperidine rings is 1. The lowest BCUT2D eigenvalue weighted by Gasteiger charge is -2.35. The van der Waals surface area contributed by atoms with Crippen LogP contribution in [0.15, 0.2) is 72.8 Å². The molecule has 1 aromatic heterocycles. The Hall–Kier alpha value is -3.67. The van der Waals surface area contributed by atoms with E-state index in [0.717, 1.165) is 29.7 Å². The summed E-state index contributed by atoms with van der Waals surface area (Å²) in [5, 5.41) is 0. The maximum absolute atomic E-state index is 13.8. The monoisotopic (exact) mass is 484 g/mol. The van der Waals surface area contributed by atoms with Crippen molar-refractivity contribution >= 4 is 17.6 Å². The Bertz CT molecular complexity index is 1160. The van der Waals surface area contributed by atoms with Gasteiger partial charge >= 0.3 is 0 Å². The largest absolute Gasteiger partial charge is 0.355 e. The summed E-state index contributed by atoms with van der Waals surface area (Å²) in [6.07, 6.45) is 1.65. The maximum atomic E-state index is 13.8. The van der Waals surface area contributed by atoms with Gasteiger partial charge in [-0.25, -0.2) is 4.98 Å². The van der Waals surface area contributed by atoms with Crippen LogP contribution in [0.3, 0.4) is 0 Å². The molecule has 0 N–H and O–H groups in total. The van der Waals surface area contributed by atoms with Crippen LogP contribution in [0.25, 0.3) is 11.3 Å². The number of aromatic nitrogens is 1. The Morgan fingerprint density at radius 1 is 0.944 bits per heavy atom. The summed E-state index contributed by atoms with van der Waals surface area (Å²) in [6, 6.07) is 24.0. The van der Waals surface area contributed by atoms with Crippen LogP contribution in [0.1, 0.15) is 42.6 Å². The molecule has 2 amide bonds. The van der Waals surface area contributed by atoms with E-state index >= 15 is 0 Å². The van der Waals surface area contributed by atoms with Crippen molar-refractivity contribution in [1.29, 1.82) is 0 Å². The average Bonchev–Trinajstić information content (AvgIpc) is 2.94. The first kappa shape index (κ1) is 25.4. The zero-order valence-corrected chi connectivity index (χ0v) is 21.6. The van der Waals surface area contributed by atoms with Gasteiger partial charge in [0.1, 0.15) is 5.82 Å². The van der Waals surface area contributed by atoms with Crippen molar-refractivity contribution in [3.05, 3.63) is 83.9 Å². The molecule has 2 aromatic carbocycles. The van der Waals surface area contributed by atoms with Gasteiger partial charge in [0.15, 0.2) is 0 Å². The van der Waals surface area contributed by atoms with Crippen molar-refractivity contribution in [1.82, 2.24) is 14.8 Å². The fourth-order valence-corrected chi connectivity index (χ4v) is 4.94. The summed E-state index contributed by atoms with van der Waals surface area (Å²) < 4.78 is 0. The van der Waals surface area contributed by atoms with Gasteiger partial charge in [0.2, 0.25) is 5.91 Å². The maximum Gasteiger partial charge on any atom is 0.257 e. The molecule has 0 radical (unpaired) electrons. The van der Waals surface area contributed by atoms with Gasteiger partial charge in [-0.2, -0.15) is 0 Å². The first-order valence-corrected chi connectivity index (χ1v) is 12.9. The van der Waals surface area contributed by atoms with E-state index in [9.17, 15) is 9.59 Å². The SMILES string of the molecule is CCN(CC)C(=O)[C@H]1CCCN(C(=O)c2ccc(-c3ccccc3)nc2N(C)Cc2ccccc2)C1. The number of anilines is 1. The summed E-state index contributed by atoms with van der Waals surface area (Å²) >= 11 is 0. The average molecular weight is 485 g/mol. The van der Waals surface area contributed by atoms with Gasteiger partial charge in [-0.1, -0.05) is 60.7 Å². The molecule has 0 unspecified atom stereocenters. The van der Waals surface area contributed by atoms with Crippen molar-refractivity contribution in [2.75, 3.05) is 38.1 Å². The summed E-state index contributed by atoms with van der Waals surface area (Å²) in [7, 11) is 1.98. The van der Waals surface area contributed by atoms with Crippen molar-refractivity contribution in [3.63, 3.8) is 0 Å². The van der Waals surface area contributed by atoms with E-state index in [-0.39, 0.29) is 17.7 Å². The number of likely N-dealkylation sites (tertiary alicyclic amines) is 1. The van der Waals surface area contributed by atoms with Gasteiger partial charge in [0.05, 0.1) is 17.2 Å². The second-order valence-electron chi connectivity index (χ2n) is 9.38. The van der Waals surface area contributed by atoms with Crippen LogP contribution in [0.4, 0.5) is 5.82 Å². The third-order valence-corrected chi connectivity index (χ3v) is 6.93. The predicted octanol–water partition coefficient (Wildman–Crippen LogP) is 5.11. The van der Waals surface area contributed by atoms with Crippen molar-refractivity contribution in [2.45, 2.75) is 33.2 Å². The molecule has 3 aromatic rings. The highest BCUT2D eigenvalue weighted by molar-refractivity contribution is 5.99. The minimum absolute atomic E-state index is 0.0610. The first-order chi connectivity index (χ1) is 17.5. The molecule has 36 heavy (non-hydrogen) atoms. The molecule has 1 aliphatic rings. The summed E-state index contributed by atoms with van der Waals surface area (Å²) in [4.78, 5) is 37.6. The van der Waals surface area contributed by atoms with E-state index in [1.54, 1.807) is 0 Å². The number of benzene rings is 2. The van der Waals surface area contributed by atoms with Crippen LogP contribution in [0.2, 0.25) is 0 Å². The Balaban J connectivity index is 1.64. The lowest BCUT2D eigenvalue weighted by Crippen LogP contribution is -2.47. The molecule has 1 saturated heterocycles. The second-order valence-corrected chi connectivity index (χ2v) is 9.38. The number of nitrogens with zero attached hydrogens (tertiary/aromatic N) is 4. The Labute approximate surface area is 214 Å². The Morgan fingerprint density at radius 3 is 2.28 bits per heavy atom. The summed E-state index contributed by atoms with van der Waals surface area (Å²) in [5.41, 5.74) is 3.56. The normalized spacial score (nSPS) is 15.4. The summed E-state index contributed by atoms with van der Waals surface area (Å²) in [5.74, 6) is 0.595. The fourth-order valence-electron chi connectivity index (χ4n) is 4.94. The zero-order valence-electron chi connectivity index (χ0n) is 21.6. The van der Waals surface area contributed by atoms with Gasteiger partial charge in [-0.3, -0.25) is 9.59 Å². The van der Waals surface area contributed by atoms with Gasteiger partial charge in [0, 0.05) is 45.3 Å². The molecule has 0 bridgehead atoms. The van der Waals surface area contributed by atoms with Gasteiger partial charge in [-0.05, 0) is 44.4 Å². The topological polar surface area (TPSA) is 56.8 Å². The van der Waals surface area contributed by atoms with Crippen LogP contribution in [0.5, 0.6) is 0 Å². The van der Waals surface area contributed by atoms with Crippen LogP contribution >= 0.6 is 0 Å². The van der Waals surface area contributed by atoms with E-state index in [0.29, 0.717) is 44.1 Å². The van der Waals surface area contributed by atoms with Gasteiger partial charge < -0.3 is 14.7 Å². The van der Waals surface area contributed by atoms with E-state index < -0.39 is 0 Å². The lowest BCUT2D eigenvalue weighted by molar-refractivity contribution is -0.136. The predicted molar refractivity (Wildman–Crippen MR) is 145 cm³/mol. The molecule has 1 aliphatic heterocycles. The van der Waals surface area contributed by atoms with Crippen molar-refractivity contribution in [3.8, 4) is 11.3 Å². The standard InChI is InChI=1S/C30H36N4O2/c1-4-33(5-2)29(35)25-17-12-20-34(22-25)30(36)26-18-19-27(24-15-10-7-11-16-24)31-28(26)32(3)21-23-13-8-6-9-14-23/h6-11,13-16,18-19,25H,4-5,12,17,20-22H2,1-3H3/t25-/m0/s1. The van der Waals surface area contributed by atoms with Crippen molar-refractivity contribution < 1.29 is 9.59 Å². The quantitative estimate of drug-likeness (QED) is 0.446. The molecule has 1 fully saturated rings. The van der Waals surface area contributed by atoms with Crippen LogP contribution < -0.4 is 4.90 Å². The highest BCUT2D eigenvalue weighted by Gasteiger charge is 2.32. The lowest BCUT2D eigenvalue weighted by atomic mass is 9.95. The molecule has 0 aliphatic carbocycles. The molecule has 0 saturated carbocycles. The number of rotatable bonds is 8. The second kappa shape index (κ2) is 11.8. The highest BCUT2D eigenvalue weighted by atomic mass is 16.2. The molecular weight excluding hydrogens is 448 g/mol.